The third-order valence-electron chi connectivity index (χ3n) is 6.42. The molecule has 1 aliphatic carbocycles. The van der Waals surface area contributed by atoms with Crippen LogP contribution in [0.1, 0.15) is 24.1 Å². The number of anilines is 1. The summed E-state index contributed by atoms with van der Waals surface area (Å²) in [5, 5.41) is 4.66. The topological polar surface area (TPSA) is 56.8 Å². The molecule has 136 valence electrons. The Bertz CT molecular complexity index is 1030. The maximum atomic E-state index is 5.11. The molecule has 3 aliphatic rings. The van der Waals surface area contributed by atoms with Gasteiger partial charge in [-0.3, -0.25) is 0 Å². The lowest BCUT2D eigenvalue weighted by Crippen LogP contribution is -2.23. The number of para-hydroxylation sites is 1. The summed E-state index contributed by atoms with van der Waals surface area (Å²) in [7, 11) is 0. The summed E-state index contributed by atoms with van der Waals surface area (Å²) in [6.45, 7) is 3.95. The molecule has 6 rings (SSSR count). The van der Waals surface area contributed by atoms with Gasteiger partial charge in [0.15, 0.2) is 5.82 Å². The molecular formula is C22H23N5. The molecule has 2 aromatic heterocycles. The number of allylic oxidation sites excluding steroid dienone is 2. The van der Waals surface area contributed by atoms with Gasteiger partial charge in [0.2, 0.25) is 0 Å². The minimum atomic E-state index is 0.770. The highest BCUT2D eigenvalue weighted by Crippen LogP contribution is 2.38. The van der Waals surface area contributed by atoms with Gasteiger partial charge in [0.05, 0.1) is 5.69 Å². The first-order valence-corrected chi connectivity index (χ1v) is 9.94. The second-order valence-corrected chi connectivity index (χ2v) is 8.02. The van der Waals surface area contributed by atoms with E-state index < -0.39 is 0 Å². The first-order valence-electron chi connectivity index (χ1n) is 9.94. The Morgan fingerprint density at radius 2 is 1.78 bits per heavy atom. The van der Waals surface area contributed by atoms with Gasteiger partial charge in [0, 0.05) is 54.4 Å². The zero-order valence-electron chi connectivity index (χ0n) is 15.3. The van der Waals surface area contributed by atoms with Gasteiger partial charge in [-0.05, 0) is 30.7 Å². The predicted molar refractivity (Wildman–Crippen MR) is 107 cm³/mol. The molecule has 4 heterocycles. The molecular weight excluding hydrogens is 334 g/mol. The highest BCUT2D eigenvalue weighted by atomic mass is 15.2. The van der Waals surface area contributed by atoms with Crippen molar-refractivity contribution < 1.29 is 0 Å². The van der Waals surface area contributed by atoms with E-state index in [0.717, 1.165) is 66.4 Å². The van der Waals surface area contributed by atoms with Crippen LogP contribution in [0.15, 0.2) is 42.6 Å². The van der Waals surface area contributed by atoms with Gasteiger partial charge >= 0.3 is 0 Å². The second kappa shape index (κ2) is 5.92. The summed E-state index contributed by atoms with van der Waals surface area (Å²) >= 11 is 0. The van der Waals surface area contributed by atoms with E-state index in [1.807, 2.05) is 6.20 Å². The molecule has 5 nitrogen and oxygen atoms in total. The third-order valence-corrected chi connectivity index (χ3v) is 6.42. The fraction of sp³-hybridized carbons (Fsp3) is 0.364. The number of rotatable bonds is 2. The van der Waals surface area contributed by atoms with Crippen LogP contribution >= 0.6 is 0 Å². The summed E-state index contributed by atoms with van der Waals surface area (Å²) < 4.78 is 0. The summed E-state index contributed by atoms with van der Waals surface area (Å²) in [4.78, 5) is 15.9. The fourth-order valence-electron chi connectivity index (χ4n) is 4.98. The van der Waals surface area contributed by atoms with Crippen molar-refractivity contribution in [3.8, 4) is 11.4 Å². The van der Waals surface area contributed by atoms with Crippen LogP contribution in [0.3, 0.4) is 0 Å². The van der Waals surface area contributed by atoms with Gasteiger partial charge in [0.25, 0.3) is 0 Å². The Balaban J connectivity index is 1.45. The molecule has 1 fully saturated rings. The first-order chi connectivity index (χ1) is 13.4. The molecule has 2 aliphatic heterocycles. The molecule has 27 heavy (non-hydrogen) atoms. The summed E-state index contributed by atoms with van der Waals surface area (Å²) in [5.41, 5.74) is 4.69. The molecule has 5 heteroatoms. The standard InChI is InChI=1S/C22H23N5/c1-2-6-15-13-27(12-14(15)5-1)22-18-9-23-11-20(18)25-21(26-22)17-10-24-19-8-4-3-7-16(17)19/h1-4,7-8,10,14-15,23-24H,5-6,9,11-13H2/t14-,15+. The van der Waals surface area contributed by atoms with E-state index in [9.17, 15) is 0 Å². The van der Waals surface area contributed by atoms with Gasteiger partial charge in [-0.1, -0.05) is 30.4 Å². The van der Waals surface area contributed by atoms with Gasteiger partial charge in [-0.2, -0.15) is 0 Å². The monoisotopic (exact) mass is 357 g/mol. The summed E-state index contributed by atoms with van der Waals surface area (Å²) in [6, 6.07) is 8.38. The van der Waals surface area contributed by atoms with E-state index in [4.69, 9.17) is 9.97 Å². The third kappa shape index (κ3) is 2.42. The molecule has 2 atom stereocenters. The Kier molecular flexibility index (Phi) is 3.38. The molecule has 0 bridgehead atoms. The van der Waals surface area contributed by atoms with E-state index in [0.29, 0.717) is 0 Å². The van der Waals surface area contributed by atoms with Crippen molar-refractivity contribution in [2.45, 2.75) is 25.9 Å². The highest BCUT2D eigenvalue weighted by Gasteiger charge is 2.35. The van der Waals surface area contributed by atoms with Gasteiger partial charge in [-0.25, -0.2) is 9.97 Å². The maximum Gasteiger partial charge on any atom is 0.163 e. The Morgan fingerprint density at radius 3 is 2.63 bits per heavy atom. The minimum absolute atomic E-state index is 0.770. The smallest absolute Gasteiger partial charge is 0.163 e. The summed E-state index contributed by atoms with van der Waals surface area (Å²) in [5.74, 6) is 3.54. The van der Waals surface area contributed by atoms with Gasteiger partial charge < -0.3 is 15.2 Å². The lowest BCUT2D eigenvalue weighted by Gasteiger charge is -2.21. The number of H-pyrrole nitrogens is 1. The largest absolute Gasteiger partial charge is 0.360 e. The van der Waals surface area contributed by atoms with Crippen molar-refractivity contribution >= 4 is 16.7 Å². The van der Waals surface area contributed by atoms with Crippen LogP contribution in [0, 0.1) is 11.8 Å². The Labute approximate surface area is 158 Å². The van der Waals surface area contributed by atoms with Gasteiger partial charge in [0.1, 0.15) is 5.82 Å². The van der Waals surface area contributed by atoms with Crippen LogP contribution in [0.25, 0.3) is 22.3 Å². The molecule has 0 radical (unpaired) electrons. The lowest BCUT2D eigenvalue weighted by molar-refractivity contribution is 0.411. The van der Waals surface area contributed by atoms with E-state index >= 15 is 0 Å². The van der Waals surface area contributed by atoms with Crippen molar-refractivity contribution in [1.29, 1.82) is 0 Å². The van der Waals surface area contributed by atoms with Crippen LogP contribution in [-0.2, 0) is 13.1 Å². The number of hydrogen-bond donors (Lipinski definition) is 2. The second-order valence-electron chi connectivity index (χ2n) is 8.02. The van der Waals surface area contributed by atoms with Crippen LogP contribution in [-0.4, -0.2) is 28.0 Å². The molecule has 2 N–H and O–H groups in total. The number of aromatic amines is 1. The minimum Gasteiger partial charge on any atom is -0.360 e. The van der Waals surface area contributed by atoms with Crippen LogP contribution in [0.4, 0.5) is 5.82 Å². The lowest BCUT2D eigenvalue weighted by atomic mass is 9.86. The van der Waals surface area contributed by atoms with E-state index in [-0.39, 0.29) is 0 Å². The average Bonchev–Trinajstić information content (AvgIpc) is 3.43. The van der Waals surface area contributed by atoms with Crippen molar-refractivity contribution in [2.24, 2.45) is 11.8 Å². The molecule has 1 saturated heterocycles. The zero-order chi connectivity index (χ0) is 17.8. The highest BCUT2D eigenvalue weighted by molar-refractivity contribution is 5.93. The van der Waals surface area contributed by atoms with Crippen molar-refractivity contribution in [3.63, 3.8) is 0 Å². The van der Waals surface area contributed by atoms with Gasteiger partial charge in [-0.15, -0.1) is 0 Å². The number of nitrogens with zero attached hydrogens (tertiary/aromatic N) is 3. The van der Waals surface area contributed by atoms with Crippen LogP contribution in [0.5, 0.6) is 0 Å². The van der Waals surface area contributed by atoms with Crippen molar-refractivity contribution in [3.05, 3.63) is 53.9 Å². The van der Waals surface area contributed by atoms with Crippen LogP contribution < -0.4 is 10.2 Å². The number of aromatic nitrogens is 3. The van der Waals surface area contributed by atoms with Crippen LogP contribution in [0.2, 0.25) is 0 Å². The van der Waals surface area contributed by atoms with E-state index in [1.54, 1.807) is 0 Å². The number of benzene rings is 1. The SMILES string of the molecule is C1=CC[C@H]2CN(c3nc(-c4c[nH]c5ccccc45)nc4c3CNC4)C[C@H]2C1. The van der Waals surface area contributed by atoms with E-state index in [2.05, 4.69) is 51.6 Å². The number of hydrogen-bond acceptors (Lipinski definition) is 4. The Morgan fingerprint density at radius 1 is 0.963 bits per heavy atom. The maximum absolute atomic E-state index is 5.11. The molecule has 0 spiro atoms. The quantitative estimate of drug-likeness (QED) is 0.688. The predicted octanol–water partition coefficient (Wildman–Crippen LogP) is 3.63. The molecule has 0 unspecified atom stereocenters. The zero-order valence-corrected chi connectivity index (χ0v) is 15.3. The number of fused-ring (bicyclic) bond motifs is 3. The van der Waals surface area contributed by atoms with Crippen molar-refractivity contribution in [2.75, 3.05) is 18.0 Å². The van der Waals surface area contributed by atoms with E-state index in [1.165, 1.54) is 23.8 Å². The number of nitrogens with one attached hydrogen (secondary N) is 2. The molecule has 0 amide bonds. The normalized spacial score (nSPS) is 23.8. The fourth-order valence-corrected chi connectivity index (χ4v) is 4.98. The molecule has 3 aromatic rings. The summed E-state index contributed by atoms with van der Waals surface area (Å²) in [6.07, 6.45) is 9.18. The van der Waals surface area contributed by atoms with Crippen molar-refractivity contribution in [1.82, 2.24) is 20.3 Å². The Hall–Kier alpha value is -2.66. The average molecular weight is 357 g/mol. The molecule has 0 saturated carbocycles. The first kappa shape index (κ1) is 15.4. The molecule has 1 aromatic carbocycles.